The molecule has 0 aliphatic carbocycles. The summed E-state index contributed by atoms with van der Waals surface area (Å²) < 4.78 is 0. The number of nitrogens with one attached hydrogen (secondary N) is 1. The van der Waals surface area contributed by atoms with E-state index in [4.69, 9.17) is 5.73 Å². The fourth-order valence-electron chi connectivity index (χ4n) is 1.97. The maximum Gasteiger partial charge on any atom is 0.0667 e. The molecular weight excluding hydrogens is 178 g/mol. The van der Waals surface area contributed by atoms with Gasteiger partial charge in [-0.3, -0.25) is 4.90 Å². The summed E-state index contributed by atoms with van der Waals surface area (Å²) in [6.45, 7) is 2.70. The lowest BCUT2D eigenvalue weighted by atomic mass is 10.1. The molecular formula is C10H17N3O. The summed E-state index contributed by atoms with van der Waals surface area (Å²) in [6, 6.07) is 1.95. The average molecular weight is 195 g/mol. The van der Waals surface area contributed by atoms with Crippen molar-refractivity contribution in [1.29, 1.82) is 0 Å². The molecule has 1 aromatic rings. The van der Waals surface area contributed by atoms with E-state index in [0.29, 0.717) is 0 Å². The van der Waals surface area contributed by atoms with Crippen molar-refractivity contribution in [2.75, 3.05) is 18.8 Å². The summed E-state index contributed by atoms with van der Waals surface area (Å²) in [4.78, 5) is 5.37. The van der Waals surface area contributed by atoms with Crippen molar-refractivity contribution >= 4 is 5.69 Å². The zero-order chi connectivity index (χ0) is 9.97. The van der Waals surface area contributed by atoms with Gasteiger partial charge in [0, 0.05) is 30.7 Å². The molecule has 4 nitrogen and oxygen atoms in total. The molecule has 1 saturated heterocycles. The lowest BCUT2D eigenvalue weighted by molar-refractivity contribution is 0.0663. The van der Waals surface area contributed by atoms with Gasteiger partial charge < -0.3 is 15.8 Å². The highest BCUT2D eigenvalue weighted by molar-refractivity contribution is 5.37. The number of β-amino-alcohol motifs (C(OH)–C–C–N with tert-alkyl or cyclic N) is 1. The van der Waals surface area contributed by atoms with E-state index in [9.17, 15) is 5.11 Å². The number of hydrogen-bond acceptors (Lipinski definition) is 3. The lowest BCUT2D eigenvalue weighted by Crippen LogP contribution is -2.37. The van der Waals surface area contributed by atoms with Crippen LogP contribution in [0, 0.1) is 0 Å². The molecule has 0 radical (unpaired) electrons. The second kappa shape index (κ2) is 4.02. The quantitative estimate of drug-likeness (QED) is 0.646. The smallest absolute Gasteiger partial charge is 0.0667 e. The van der Waals surface area contributed by atoms with Crippen molar-refractivity contribution in [1.82, 2.24) is 9.88 Å². The number of H-pyrrole nitrogens is 1. The molecule has 4 heteroatoms. The first-order valence-corrected chi connectivity index (χ1v) is 5.07. The van der Waals surface area contributed by atoms with Crippen LogP contribution in [0.5, 0.6) is 0 Å². The van der Waals surface area contributed by atoms with Gasteiger partial charge in [0.05, 0.1) is 6.10 Å². The number of hydrogen-bond donors (Lipinski definition) is 3. The van der Waals surface area contributed by atoms with Gasteiger partial charge in [0.15, 0.2) is 0 Å². The monoisotopic (exact) mass is 195 g/mol. The molecule has 0 amide bonds. The molecule has 0 spiro atoms. The first-order valence-electron chi connectivity index (χ1n) is 5.07. The number of aliphatic hydroxyl groups is 1. The Balaban J connectivity index is 1.90. The third-order valence-corrected chi connectivity index (χ3v) is 2.64. The molecule has 4 N–H and O–H groups in total. The molecule has 1 unspecified atom stereocenters. The zero-order valence-corrected chi connectivity index (χ0v) is 8.24. The van der Waals surface area contributed by atoms with Crippen LogP contribution < -0.4 is 5.73 Å². The summed E-state index contributed by atoms with van der Waals surface area (Å²) in [5, 5.41) is 9.49. The first kappa shape index (κ1) is 9.55. The van der Waals surface area contributed by atoms with Crippen molar-refractivity contribution in [2.45, 2.75) is 25.5 Å². The Morgan fingerprint density at radius 1 is 1.64 bits per heavy atom. The second-order valence-electron chi connectivity index (χ2n) is 3.99. The molecule has 1 aliphatic heterocycles. The van der Waals surface area contributed by atoms with E-state index < -0.39 is 0 Å². The van der Waals surface area contributed by atoms with Crippen LogP contribution in [0.1, 0.15) is 18.5 Å². The summed E-state index contributed by atoms with van der Waals surface area (Å²) in [5.74, 6) is 0. The van der Waals surface area contributed by atoms with Crippen molar-refractivity contribution in [3.05, 3.63) is 18.0 Å². The number of piperidine rings is 1. The largest absolute Gasteiger partial charge is 0.397 e. The third-order valence-electron chi connectivity index (χ3n) is 2.64. The Bertz CT molecular complexity index is 297. The second-order valence-corrected chi connectivity index (χ2v) is 3.99. The molecule has 0 aromatic carbocycles. The minimum Gasteiger partial charge on any atom is -0.397 e. The van der Waals surface area contributed by atoms with Crippen molar-refractivity contribution in [3.8, 4) is 0 Å². The maximum absolute atomic E-state index is 9.49. The Hall–Kier alpha value is -1.00. The fourth-order valence-corrected chi connectivity index (χ4v) is 1.97. The van der Waals surface area contributed by atoms with Crippen LogP contribution in [-0.2, 0) is 6.54 Å². The minimum absolute atomic E-state index is 0.156. The van der Waals surface area contributed by atoms with Crippen LogP contribution >= 0.6 is 0 Å². The van der Waals surface area contributed by atoms with Crippen LogP contribution in [0.3, 0.4) is 0 Å². The first-order chi connectivity index (χ1) is 6.74. The molecule has 0 bridgehead atoms. The zero-order valence-electron chi connectivity index (χ0n) is 8.24. The van der Waals surface area contributed by atoms with E-state index in [-0.39, 0.29) is 6.10 Å². The third kappa shape index (κ3) is 2.27. The van der Waals surface area contributed by atoms with Gasteiger partial charge in [-0.05, 0) is 25.5 Å². The number of nitrogen functional groups attached to an aromatic ring is 1. The maximum atomic E-state index is 9.49. The Kier molecular flexibility index (Phi) is 2.74. The van der Waals surface area contributed by atoms with E-state index in [1.165, 1.54) is 0 Å². The van der Waals surface area contributed by atoms with Gasteiger partial charge in [-0.1, -0.05) is 0 Å². The van der Waals surface area contributed by atoms with Gasteiger partial charge >= 0.3 is 0 Å². The van der Waals surface area contributed by atoms with E-state index in [0.717, 1.165) is 43.9 Å². The summed E-state index contributed by atoms with van der Waals surface area (Å²) >= 11 is 0. The number of anilines is 1. The normalized spacial score (nSPS) is 23.9. The number of aromatic amines is 1. The molecule has 0 saturated carbocycles. The van der Waals surface area contributed by atoms with Crippen molar-refractivity contribution < 1.29 is 5.11 Å². The highest BCUT2D eigenvalue weighted by Crippen LogP contribution is 2.14. The van der Waals surface area contributed by atoms with Gasteiger partial charge in [-0.25, -0.2) is 0 Å². The van der Waals surface area contributed by atoms with Crippen LogP contribution in [0.2, 0.25) is 0 Å². The van der Waals surface area contributed by atoms with Gasteiger partial charge in [0.1, 0.15) is 0 Å². The standard InChI is InChI=1S/C10H17N3O/c11-8-4-9(12-5-8)6-13-3-1-2-10(14)7-13/h4-5,10,12,14H,1-3,6-7,11H2. The molecule has 1 aromatic heterocycles. The predicted molar refractivity (Wildman–Crippen MR) is 55.7 cm³/mol. The van der Waals surface area contributed by atoms with Gasteiger partial charge in [0.2, 0.25) is 0 Å². The number of rotatable bonds is 2. The van der Waals surface area contributed by atoms with E-state index in [1.54, 1.807) is 6.20 Å². The highest BCUT2D eigenvalue weighted by atomic mass is 16.3. The van der Waals surface area contributed by atoms with E-state index in [2.05, 4.69) is 9.88 Å². The molecule has 14 heavy (non-hydrogen) atoms. The average Bonchev–Trinajstić information content (AvgIpc) is 2.51. The number of aliphatic hydroxyl groups excluding tert-OH is 1. The molecule has 1 atom stereocenters. The molecule has 78 valence electrons. The molecule has 2 heterocycles. The summed E-state index contributed by atoms with van der Waals surface area (Å²) in [5.41, 5.74) is 7.51. The Morgan fingerprint density at radius 3 is 3.14 bits per heavy atom. The van der Waals surface area contributed by atoms with Gasteiger partial charge in [-0.15, -0.1) is 0 Å². The van der Waals surface area contributed by atoms with Crippen LogP contribution in [0.4, 0.5) is 5.69 Å². The van der Waals surface area contributed by atoms with Crippen molar-refractivity contribution in [3.63, 3.8) is 0 Å². The summed E-state index contributed by atoms with van der Waals surface area (Å²) in [7, 11) is 0. The molecule has 2 rings (SSSR count). The van der Waals surface area contributed by atoms with Crippen molar-refractivity contribution in [2.24, 2.45) is 0 Å². The van der Waals surface area contributed by atoms with Gasteiger partial charge in [0.25, 0.3) is 0 Å². The van der Waals surface area contributed by atoms with E-state index >= 15 is 0 Å². The van der Waals surface area contributed by atoms with E-state index in [1.807, 2.05) is 6.07 Å². The number of nitrogens with two attached hydrogens (primary N) is 1. The number of nitrogens with zero attached hydrogens (tertiary/aromatic N) is 1. The highest BCUT2D eigenvalue weighted by Gasteiger charge is 2.17. The SMILES string of the molecule is Nc1c[nH]c(CN2CCCC(O)C2)c1. The van der Waals surface area contributed by atoms with Crippen LogP contribution in [0.15, 0.2) is 12.3 Å². The predicted octanol–water partition coefficient (Wildman–Crippen LogP) is 0.554. The topological polar surface area (TPSA) is 65.3 Å². The molecule has 1 fully saturated rings. The van der Waals surface area contributed by atoms with Gasteiger partial charge in [-0.2, -0.15) is 0 Å². The lowest BCUT2D eigenvalue weighted by Gasteiger charge is -2.29. The fraction of sp³-hybridized carbons (Fsp3) is 0.600. The summed E-state index contributed by atoms with van der Waals surface area (Å²) in [6.07, 6.45) is 3.66. The Morgan fingerprint density at radius 2 is 2.50 bits per heavy atom. The minimum atomic E-state index is -0.156. The van der Waals surface area contributed by atoms with Crippen LogP contribution in [0.25, 0.3) is 0 Å². The Labute approximate surface area is 83.7 Å². The number of likely N-dealkylation sites (tertiary alicyclic amines) is 1. The number of aromatic nitrogens is 1. The molecule has 1 aliphatic rings. The van der Waals surface area contributed by atoms with Crippen LogP contribution in [-0.4, -0.2) is 34.2 Å².